The first kappa shape index (κ1) is 17.0. The average molecular weight is 294 g/mol. The van der Waals surface area contributed by atoms with E-state index in [-0.39, 0.29) is 19.1 Å². The second kappa shape index (κ2) is 8.26. The van der Waals surface area contributed by atoms with E-state index in [0.717, 1.165) is 5.56 Å². The average Bonchev–Trinajstić information content (AvgIpc) is 2.44. The van der Waals surface area contributed by atoms with E-state index in [1.807, 2.05) is 44.2 Å². The number of benzene rings is 1. The number of aliphatic hydroxyl groups is 1. The van der Waals surface area contributed by atoms with E-state index in [1.165, 1.54) is 0 Å². The minimum atomic E-state index is -1.15. The number of rotatable bonds is 7. The number of aliphatic hydroxyl groups excluding tert-OH is 1. The molecule has 21 heavy (non-hydrogen) atoms. The van der Waals surface area contributed by atoms with E-state index in [2.05, 4.69) is 5.32 Å². The van der Waals surface area contributed by atoms with Crippen molar-refractivity contribution < 1.29 is 19.8 Å². The van der Waals surface area contributed by atoms with Crippen molar-refractivity contribution in [1.29, 1.82) is 0 Å². The SMILES string of the molecule is CC(C)N(Cc1ccccc1)C(=O)N[C@H](CCO)C(=O)O. The lowest BCUT2D eigenvalue weighted by molar-refractivity contribution is -0.139. The maximum atomic E-state index is 12.2. The van der Waals surface area contributed by atoms with Crippen LogP contribution in [0, 0.1) is 0 Å². The van der Waals surface area contributed by atoms with Crippen molar-refractivity contribution in [2.75, 3.05) is 6.61 Å². The number of urea groups is 1. The predicted molar refractivity (Wildman–Crippen MR) is 78.8 cm³/mol. The van der Waals surface area contributed by atoms with Gasteiger partial charge in [0.25, 0.3) is 0 Å². The zero-order chi connectivity index (χ0) is 15.8. The van der Waals surface area contributed by atoms with Gasteiger partial charge in [-0.3, -0.25) is 0 Å². The fraction of sp³-hybridized carbons (Fsp3) is 0.467. The zero-order valence-corrected chi connectivity index (χ0v) is 12.3. The predicted octanol–water partition coefficient (Wildman–Crippen LogP) is 1.44. The lowest BCUT2D eigenvalue weighted by atomic mass is 10.2. The van der Waals surface area contributed by atoms with Crippen LogP contribution in [0.1, 0.15) is 25.8 Å². The normalized spacial score (nSPS) is 12.0. The number of amides is 2. The molecule has 0 aromatic heterocycles. The Labute approximate surface area is 124 Å². The van der Waals surface area contributed by atoms with Crippen molar-refractivity contribution in [2.45, 2.75) is 38.9 Å². The third-order valence-electron chi connectivity index (χ3n) is 3.09. The summed E-state index contributed by atoms with van der Waals surface area (Å²) in [4.78, 5) is 24.8. The molecule has 0 aliphatic carbocycles. The van der Waals surface area contributed by atoms with Gasteiger partial charge in [0.1, 0.15) is 6.04 Å². The largest absolute Gasteiger partial charge is 0.480 e. The second-order valence-electron chi connectivity index (χ2n) is 5.06. The summed E-state index contributed by atoms with van der Waals surface area (Å²) in [6, 6.07) is 7.87. The standard InChI is InChI=1S/C15H22N2O4/c1-11(2)17(10-12-6-4-3-5-7-12)15(21)16-13(8-9-18)14(19)20/h3-7,11,13,18H,8-10H2,1-2H3,(H,16,21)(H,19,20)/t13-/m1/s1. The number of hydrogen-bond acceptors (Lipinski definition) is 3. The van der Waals surface area contributed by atoms with Crippen LogP contribution >= 0.6 is 0 Å². The molecular weight excluding hydrogens is 272 g/mol. The Morgan fingerprint density at radius 1 is 1.24 bits per heavy atom. The van der Waals surface area contributed by atoms with Gasteiger partial charge in [-0.2, -0.15) is 0 Å². The number of carbonyl (C=O) groups excluding carboxylic acids is 1. The van der Waals surface area contributed by atoms with Gasteiger partial charge in [0, 0.05) is 25.6 Å². The van der Waals surface area contributed by atoms with Gasteiger partial charge >= 0.3 is 12.0 Å². The Hall–Kier alpha value is -2.08. The molecular formula is C15H22N2O4. The second-order valence-corrected chi connectivity index (χ2v) is 5.06. The van der Waals surface area contributed by atoms with Gasteiger partial charge in [-0.15, -0.1) is 0 Å². The third kappa shape index (κ3) is 5.43. The quantitative estimate of drug-likeness (QED) is 0.710. The molecule has 1 aromatic carbocycles. The molecule has 1 atom stereocenters. The first-order valence-corrected chi connectivity index (χ1v) is 6.90. The zero-order valence-electron chi connectivity index (χ0n) is 12.3. The van der Waals surface area contributed by atoms with Crippen molar-refractivity contribution in [3.05, 3.63) is 35.9 Å². The summed E-state index contributed by atoms with van der Waals surface area (Å²) in [6.45, 7) is 3.84. The fourth-order valence-electron chi connectivity index (χ4n) is 1.89. The Morgan fingerprint density at radius 2 is 1.86 bits per heavy atom. The maximum absolute atomic E-state index is 12.2. The first-order chi connectivity index (χ1) is 9.95. The molecule has 0 saturated carbocycles. The summed E-state index contributed by atoms with van der Waals surface area (Å²) in [5.74, 6) is -1.15. The summed E-state index contributed by atoms with van der Waals surface area (Å²) in [5.41, 5.74) is 0.968. The molecule has 0 bridgehead atoms. The van der Waals surface area contributed by atoms with Gasteiger partial charge in [-0.25, -0.2) is 9.59 Å². The van der Waals surface area contributed by atoms with Gasteiger partial charge < -0.3 is 20.4 Å². The van der Waals surface area contributed by atoms with E-state index in [0.29, 0.717) is 6.54 Å². The van der Waals surface area contributed by atoms with Crippen LogP contribution in [-0.4, -0.2) is 45.8 Å². The molecule has 6 heteroatoms. The summed E-state index contributed by atoms with van der Waals surface area (Å²) in [5, 5.41) is 20.3. The van der Waals surface area contributed by atoms with Crippen LogP contribution in [0.25, 0.3) is 0 Å². The number of carboxylic acid groups (broad SMARTS) is 1. The van der Waals surface area contributed by atoms with Crippen LogP contribution in [0.5, 0.6) is 0 Å². The molecule has 1 aromatic rings. The molecule has 1 rings (SSSR count). The molecule has 0 aliphatic rings. The number of aliphatic carboxylic acids is 1. The number of carbonyl (C=O) groups is 2. The van der Waals surface area contributed by atoms with Crippen LogP contribution in [0.15, 0.2) is 30.3 Å². The van der Waals surface area contributed by atoms with Crippen LogP contribution < -0.4 is 5.32 Å². The lowest BCUT2D eigenvalue weighted by Crippen LogP contribution is -2.50. The fourth-order valence-corrected chi connectivity index (χ4v) is 1.89. The number of nitrogens with zero attached hydrogens (tertiary/aromatic N) is 1. The van der Waals surface area contributed by atoms with Crippen molar-refractivity contribution in [3.63, 3.8) is 0 Å². The van der Waals surface area contributed by atoms with Crippen molar-refractivity contribution >= 4 is 12.0 Å². The highest BCUT2D eigenvalue weighted by atomic mass is 16.4. The highest BCUT2D eigenvalue weighted by molar-refractivity contribution is 5.82. The Balaban J connectivity index is 2.75. The molecule has 0 spiro atoms. The van der Waals surface area contributed by atoms with Crippen molar-refractivity contribution in [1.82, 2.24) is 10.2 Å². The summed E-state index contributed by atoms with van der Waals surface area (Å²) >= 11 is 0. The van der Waals surface area contributed by atoms with E-state index in [1.54, 1.807) is 4.90 Å². The third-order valence-corrected chi connectivity index (χ3v) is 3.09. The maximum Gasteiger partial charge on any atom is 0.326 e. The van der Waals surface area contributed by atoms with Crippen molar-refractivity contribution in [2.24, 2.45) is 0 Å². The van der Waals surface area contributed by atoms with Crippen molar-refractivity contribution in [3.8, 4) is 0 Å². The summed E-state index contributed by atoms with van der Waals surface area (Å²) < 4.78 is 0. The van der Waals surface area contributed by atoms with E-state index in [9.17, 15) is 9.59 Å². The molecule has 3 N–H and O–H groups in total. The Morgan fingerprint density at radius 3 is 2.33 bits per heavy atom. The van der Waals surface area contributed by atoms with Gasteiger partial charge in [0.05, 0.1) is 0 Å². The summed E-state index contributed by atoms with van der Waals surface area (Å²) in [7, 11) is 0. The molecule has 2 amide bonds. The highest BCUT2D eigenvalue weighted by Crippen LogP contribution is 2.09. The number of carboxylic acids is 1. The highest BCUT2D eigenvalue weighted by Gasteiger charge is 2.24. The van der Waals surface area contributed by atoms with E-state index < -0.39 is 18.0 Å². The van der Waals surface area contributed by atoms with Gasteiger partial charge in [-0.05, 0) is 19.4 Å². The molecule has 0 heterocycles. The van der Waals surface area contributed by atoms with Crippen LogP contribution in [-0.2, 0) is 11.3 Å². The molecule has 0 radical (unpaired) electrons. The molecule has 116 valence electrons. The number of hydrogen-bond donors (Lipinski definition) is 3. The Bertz CT molecular complexity index is 462. The smallest absolute Gasteiger partial charge is 0.326 e. The van der Waals surface area contributed by atoms with Crippen LogP contribution in [0.2, 0.25) is 0 Å². The molecule has 0 fully saturated rings. The van der Waals surface area contributed by atoms with E-state index in [4.69, 9.17) is 10.2 Å². The van der Waals surface area contributed by atoms with Crippen LogP contribution in [0.4, 0.5) is 4.79 Å². The summed E-state index contributed by atoms with van der Waals surface area (Å²) in [6.07, 6.45) is -0.0155. The first-order valence-electron chi connectivity index (χ1n) is 6.90. The minimum Gasteiger partial charge on any atom is -0.480 e. The molecule has 0 saturated heterocycles. The van der Waals surface area contributed by atoms with E-state index >= 15 is 0 Å². The van der Waals surface area contributed by atoms with Crippen LogP contribution in [0.3, 0.4) is 0 Å². The minimum absolute atomic E-state index is 0.0155. The number of nitrogens with one attached hydrogen (secondary N) is 1. The monoisotopic (exact) mass is 294 g/mol. The lowest BCUT2D eigenvalue weighted by Gasteiger charge is -2.28. The Kier molecular flexibility index (Phi) is 6.68. The van der Waals surface area contributed by atoms with Gasteiger partial charge in [0.15, 0.2) is 0 Å². The molecule has 0 aliphatic heterocycles. The van der Waals surface area contributed by atoms with Gasteiger partial charge in [0.2, 0.25) is 0 Å². The molecule has 0 unspecified atom stereocenters. The molecule has 6 nitrogen and oxygen atoms in total. The topological polar surface area (TPSA) is 89.9 Å². The van der Waals surface area contributed by atoms with Gasteiger partial charge in [-0.1, -0.05) is 30.3 Å².